The van der Waals surface area contributed by atoms with Crippen LogP contribution in [0.2, 0.25) is 0 Å². The lowest BCUT2D eigenvalue weighted by atomic mass is 10.1. The van der Waals surface area contributed by atoms with Crippen LogP contribution in [0.5, 0.6) is 0 Å². The summed E-state index contributed by atoms with van der Waals surface area (Å²) >= 11 is 0. The van der Waals surface area contributed by atoms with E-state index in [-0.39, 0.29) is 24.4 Å². The van der Waals surface area contributed by atoms with E-state index in [9.17, 15) is 4.79 Å². The average molecular weight is 283 g/mol. The van der Waals surface area contributed by atoms with Crippen LogP contribution in [0.1, 0.15) is 24.8 Å². The Bertz CT molecular complexity index is 383. The van der Waals surface area contributed by atoms with Gasteiger partial charge >= 0.3 is 0 Å². The van der Waals surface area contributed by atoms with Gasteiger partial charge in [-0.15, -0.1) is 12.4 Å². The molecule has 0 radical (unpaired) electrons. The number of hydrogen-bond acceptors (Lipinski definition) is 2. The smallest absolute Gasteiger partial charge is 0.237 e. The van der Waals surface area contributed by atoms with Crippen LogP contribution in [0.15, 0.2) is 30.3 Å². The summed E-state index contributed by atoms with van der Waals surface area (Å²) in [5.74, 6) is 0.173. The van der Waals surface area contributed by atoms with E-state index < -0.39 is 0 Å². The zero-order valence-corrected chi connectivity index (χ0v) is 12.3. The molecule has 1 fully saturated rings. The van der Waals surface area contributed by atoms with Gasteiger partial charge in [-0.2, -0.15) is 0 Å². The Morgan fingerprint density at radius 2 is 2.11 bits per heavy atom. The van der Waals surface area contributed by atoms with Crippen LogP contribution in [0.4, 0.5) is 0 Å². The van der Waals surface area contributed by atoms with Crippen molar-refractivity contribution < 1.29 is 4.79 Å². The molecule has 1 N–H and O–H groups in total. The third-order valence-corrected chi connectivity index (χ3v) is 3.67. The highest BCUT2D eigenvalue weighted by atomic mass is 35.5. The Balaban J connectivity index is 0.00000180. The molecule has 0 bridgehead atoms. The molecule has 1 aromatic rings. The van der Waals surface area contributed by atoms with Crippen LogP contribution in [0, 0.1) is 0 Å². The van der Waals surface area contributed by atoms with Gasteiger partial charge in [0.05, 0.1) is 6.04 Å². The number of halogens is 1. The summed E-state index contributed by atoms with van der Waals surface area (Å²) in [5, 5.41) is 2.76. The Labute approximate surface area is 121 Å². The van der Waals surface area contributed by atoms with E-state index >= 15 is 0 Å². The largest absolute Gasteiger partial charge is 0.358 e. The summed E-state index contributed by atoms with van der Waals surface area (Å²) in [6, 6.07) is 10.6. The maximum absolute atomic E-state index is 11.7. The van der Waals surface area contributed by atoms with Crippen LogP contribution < -0.4 is 5.32 Å². The van der Waals surface area contributed by atoms with Crippen molar-refractivity contribution in [2.24, 2.45) is 0 Å². The monoisotopic (exact) mass is 282 g/mol. The van der Waals surface area contributed by atoms with Gasteiger partial charge in [-0.1, -0.05) is 30.3 Å². The molecule has 0 aliphatic carbocycles. The van der Waals surface area contributed by atoms with Crippen LogP contribution >= 0.6 is 12.4 Å². The summed E-state index contributed by atoms with van der Waals surface area (Å²) < 4.78 is 0. The van der Waals surface area contributed by atoms with Crippen LogP contribution in [-0.2, 0) is 11.2 Å². The predicted octanol–water partition coefficient (Wildman–Crippen LogP) is 2.25. The molecule has 1 aliphatic rings. The lowest BCUT2D eigenvalue weighted by Gasteiger charge is -2.22. The van der Waals surface area contributed by atoms with E-state index in [2.05, 4.69) is 34.5 Å². The lowest BCUT2D eigenvalue weighted by Crippen LogP contribution is -2.42. The number of benzene rings is 1. The number of rotatable bonds is 5. The fourth-order valence-electron chi connectivity index (χ4n) is 2.69. The first-order valence-electron chi connectivity index (χ1n) is 6.81. The van der Waals surface area contributed by atoms with Crippen molar-refractivity contribution in [3.8, 4) is 0 Å². The molecule has 0 spiro atoms. The Morgan fingerprint density at radius 1 is 1.37 bits per heavy atom. The molecule has 19 heavy (non-hydrogen) atoms. The number of likely N-dealkylation sites (N-methyl/N-ethyl adjacent to an activating group) is 1. The van der Waals surface area contributed by atoms with E-state index in [1.807, 2.05) is 6.07 Å². The van der Waals surface area contributed by atoms with Crippen LogP contribution in [0.3, 0.4) is 0 Å². The Kier molecular flexibility index (Phi) is 6.89. The van der Waals surface area contributed by atoms with E-state index in [0.29, 0.717) is 0 Å². The van der Waals surface area contributed by atoms with Crippen molar-refractivity contribution in [1.29, 1.82) is 0 Å². The quantitative estimate of drug-likeness (QED) is 0.898. The minimum atomic E-state index is 0. The molecular formula is C15H23ClN2O. The highest BCUT2D eigenvalue weighted by Gasteiger charge is 2.29. The van der Waals surface area contributed by atoms with E-state index in [1.165, 1.54) is 5.56 Å². The number of likely N-dealkylation sites (tertiary alicyclic amines) is 1. The number of nitrogens with one attached hydrogen (secondary N) is 1. The van der Waals surface area contributed by atoms with Gasteiger partial charge in [0.15, 0.2) is 0 Å². The standard InChI is InChI=1S/C15H22N2O.ClH/c1-16-15(18)14-10-6-12-17(14)11-5-9-13-7-3-2-4-8-13;/h2-4,7-8,14H,5-6,9-12H2,1H3,(H,16,18);1H/t14-;/m0./s1. The summed E-state index contributed by atoms with van der Waals surface area (Å²) in [5.41, 5.74) is 1.38. The second-order valence-corrected chi connectivity index (χ2v) is 4.90. The number of hydrogen-bond donors (Lipinski definition) is 1. The van der Waals surface area contributed by atoms with Gasteiger partial charge in [0.1, 0.15) is 0 Å². The highest BCUT2D eigenvalue weighted by molar-refractivity contribution is 5.85. The van der Waals surface area contributed by atoms with Crippen molar-refractivity contribution in [2.45, 2.75) is 31.7 Å². The molecular weight excluding hydrogens is 260 g/mol. The number of carbonyl (C=O) groups excluding carboxylic acids is 1. The van der Waals surface area contributed by atoms with Crippen molar-refractivity contribution in [3.63, 3.8) is 0 Å². The van der Waals surface area contributed by atoms with Crippen molar-refractivity contribution >= 4 is 18.3 Å². The first-order chi connectivity index (χ1) is 8.81. The Morgan fingerprint density at radius 3 is 2.79 bits per heavy atom. The fraction of sp³-hybridized carbons (Fsp3) is 0.533. The molecule has 0 unspecified atom stereocenters. The maximum atomic E-state index is 11.7. The zero-order valence-electron chi connectivity index (χ0n) is 11.5. The molecule has 106 valence electrons. The minimum Gasteiger partial charge on any atom is -0.358 e. The van der Waals surface area contributed by atoms with Crippen molar-refractivity contribution in [1.82, 2.24) is 10.2 Å². The van der Waals surface area contributed by atoms with Crippen molar-refractivity contribution in [3.05, 3.63) is 35.9 Å². The second kappa shape index (κ2) is 8.18. The molecule has 2 rings (SSSR count). The molecule has 1 heterocycles. The molecule has 1 atom stereocenters. The highest BCUT2D eigenvalue weighted by Crippen LogP contribution is 2.18. The fourth-order valence-corrected chi connectivity index (χ4v) is 2.69. The first kappa shape index (κ1) is 16.0. The summed E-state index contributed by atoms with van der Waals surface area (Å²) in [7, 11) is 1.73. The van der Waals surface area contributed by atoms with Gasteiger partial charge < -0.3 is 5.32 Å². The number of nitrogens with zero attached hydrogens (tertiary/aromatic N) is 1. The first-order valence-corrected chi connectivity index (χ1v) is 6.81. The lowest BCUT2D eigenvalue weighted by molar-refractivity contribution is -0.124. The molecule has 3 nitrogen and oxygen atoms in total. The minimum absolute atomic E-state index is 0. The SMILES string of the molecule is CNC(=O)[C@@H]1CCCN1CCCc1ccccc1.Cl. The normalized spacial score (nSPS) is 18.9. The zero-order chi connectivity index (χ0) is 12.8. The van der Waals surface area contributed by atoms with Gasteiger partial charge in [0.25, 0.3) is 0 Å². The molecule has 1 saturated heterocycles. The third-order valence-electron chi connectivity index (χ3n) is 3.67. The van der Waals surface area contributed by atoms with Gasteiger partial charge in [0, 0.05) is 7.05 Å². The molecule has 0 saturated carbocycles. The summed E-state index contributed by atoms with van der Waals surface area (Å²) in [6.45, 7) is 2.08. The molecule has 1 amide bonds. The third kappa shape index (κ3) is 4.51. The number of carbonyl (C=O) groups is 1. The van der Waals surface area contributed by atoms with Gasteiger partial charge in [-0.25, -0.2) is 0 Å². The van der Waals surface area contributed by atoms with Gasteiger partial charge in [0.2, 0.25) is 5.91 Å². The summed E-state index contributed by atoms with van der Waals surface area (Å²) in [6.07, 6.45) is 4.36. The van der Waals surface area contributed by atoms with Gasteiger partial charge in [-0.3, -0.25) is 9.69 Å². The predicted molar refractivity (Wildman–Crippen MR) is 80.7 cm³/mol. The number of amides is 1. The molecule has 1 aliphatic heterocycles. The molecule has 4 heteroatoms. The average Bonchev–Trinajstić information content (AvgIpc) is 2.87. The number of aryl methyl sites for hydroxylation is 1. The Hall–Kier alpha value is -1.06. The maximum Gasteiger partial charge on any atom is 0.237 e. The van der Waals surface area contributed by atoms with E-state index in [4.69, 9.17) is 0 Å². The van der Waals surface area contributed by atoms with E-state index in [1.54, 1.807) is 7.05 Å². The van der Waals surface area contributed by atoms with Crippen LogP contribution in [0.25, 0.3) is 0 Å². The molecule has 0 aromatic heterocycles. The van der Waals surface area contributed by atoms with Crippen molar-refractivity contribution in [2.75, 3.05) is 20.1 Å². The van der Waals surface area contributed by atoms with Crippen LogP contribution in [-0.4, -0.2) is 37.0 Å². The van der Waals surface area contributed by atoms with Gasteiger partial charge in [-0.05, 0) is 44.3 Å². The second-order valence-electron chi connectivity index (χ2n) is 4.90. The van der Waals surface area contributed by atoms with E-state index in [0.717, 1.165) is 38.8 Å². The summed E-state index contributed by atoms with van der Waals surface area (Å²) in [4.78, 5) is 14.0. The molecule has 1 aromatic carbocycles. The topological polar surface area (TPSA) is 32.3 Å².